The van der Waals surface area contributed by atoms with E-state index in [0.717, 1.165) is 17.7 Å². The lowest BCUT2D eigenvalue weighted by molar-refractivity contribution is -0.147. The third-order valence-electron chi connectivity index (χ3n) is 3.72. The van der Waals surface area contributed by atoms with Crippen LogP contribution in [0.2, 0.25) is 0 Å². The first-order valence-electron chi connectivity index (χ1n) is 8.02. The monoisotopic (exact) mass is 320 g/mol. The van der Waals surface area contributed by atoms with E-state index in [0.29, 0.717) is 13.2 Å². The average molecular weight is 320 g/mol. The van der Waals surface area contributed by atoms with Gasteiger partial charge >= 0.3 is 5.97 Å². The van der Waals surface area contributed by atoms with E-state index in [9.17, 15) is 4.79 Å². The van der Waals surface area contributed by atoms with Crippen molar-refractivity contribution in [2.24, 2.45) is 0 Å². The zero-order valence-corrected chi connectivity index (χ0v) is 13.9. The first-order valence-corrected chi connectivity index (χ1v) is 8.02. The van der Waals surface area contributed by atoms with Crippen molar-refractivity contribution in [3.8, 4) is 5.75 Å². The molecule has 0 aliphatic carbocycles. The summed E-state index contributed by atoms with van der Waals surface area (Å²) >= 11 is 0. The Morgan fingerprint density at radius 3 is 2.65 bits per heavy atom. The Morgan fingerprint density at radius 1 is 1.22 bits per heavy atom. The fourth-order valence-corrected chi connectivity index (χ4v) is 2.60. The minimum atomic E-state index is -0.379. The maximum atomic E-state index is 11.8. The maximum absolute atomic E-state index is 11.8. The summed E-state index contributed by atoms with van der Waals surface area (Å²) in [5.74, 6) is 0.401. The van der Waals surface area contributed by atoms with E-state index < -0.39 is 0 Å². The van der Waals surface area contributed by atoms with Gasteiger partial charge in [0.2, 0.25) is 0 Å². The molecule has 2 fully saturated rings. The van der Waals surface area contributed by atoms with Crippen LogP contribution in [0.15, 0.2) is 30.3 Å². The molecule has 5 heteroatoms. The summed E-state index contributed by atoms with van der Waals surface area (Å²) in [6.45, 7) is 5.09. The van der Waals surface area contributed by atoms with Crippen molar-refractivity contribution in [2.75, 3.05) is 20.3 Å². The maximum Gasteiger partial charge on any atom is 0.331 e. The third kappa shape index (κ3) is 4.56. The highest BCUT2D eigenvalue weighted by Gasteiger charge is 2.43. The molecule has 2 heterocycles. The predicted molar refractivity (Wildman–Crippen MR) is 87.4 cm³/mol. The lowest BCUT2D eigenvalue weighted by Gasteiger charge is -2.15. The third-order valence-corrected chi connectivity index (χ3v) is 3.72. The summed E-state index contributed by atoms with van der Waals surface area (Å²) in [4.78, 5) is 11.8. The van der Waals surface area contributed by atoms with Gasteiger partial charge in [0.1, 0.15) is 11.9 Å². The van der Waals surface area contributed by atoms with Crippen LogP contribution >= 0.6 is 0 Å². The van der Waals surface area contributed by atoms with Gasteiger partial charge in [-0.2, -0.15) is 0 Å². The first kappa shape index (κ1) is 17.5. The highest BCUT2D eigenvalue weighted by atomic mass is 16.6. The summed E-state index contributed by atoms with van der Waals surface area (Å²) in [6, 6.07) is 7.42. The molecule has 1 aromatic carbocycles. The molecule has 1 aromatic rings. The van der Waals surface area contributed by atoms with Gasteiger partial charge in [0.15, 0.2) is 6.10 Å². The minimum Gasteiger partial charge on any atom is -0.497 e. The van der Waals surface area contributed by atoms with Crippen molar-refractivity contribution in [2.45, 2.75) is 38.6 Å². The average Bonchev–Trinajstić information content (AvgIpc) is 3.20. The molecule has 23 heavy (non-hydrogen) atoms. The van der Waals surface area contributed by atoms with Gasteiger partial charge in [-0.05, 0) is 30.2 Å². The molecular formula is C18H24O5. The lowest BCUT2D eigenvalue weighted by Crippen LogP contribution is -2.31. The zero-order valence-electron chi connectivity index (χ0n) is 13.9. The van der Waals surface area contributed by atoms with E-state index in [2.05, 4.69) is 0 Å². The summed E-state index contributed by atoms with van der Waals surface area (Å²) in [6.07, 6.45) is 3.68. The number of benzene rings is 1. The van der Waals surface area contributed by atoms with Gasteiger partial charge < -0.3 is 18.9 Å². The van der Waals surface area contributed by atoms with Gasteiger partial charge in [0.05, 0.1) is 19.8 Å². The Morgan fingerprint density at radius 2 is 1.96 bits per heavy atom. The van der Waals surface area contributed by atoms with Crippen LogP contribution in [0.1, 0.15) is 25.8 Å². The van der Waals surface area contributed by atoms with Gasteiger partial charge in [0, 0.05) is 12.7 Å². The summed E-state index contributed by atoms with van der Waals surface area (Å²) in [7, 11) is 1.62. The number of fused-ring (bicyclic) bond motifs is 1. The van der Waals surface area contributed by atoms with Crippen molar-refractivity contribution in [3.05, 3.63) is 35.9 Å². The summed E-state index contributed by atoms with van der Waals surface area (Å²) in [5.41, 5.74) is 0.908. The van der Waals surface area contributed by atoms with Gasteiger partial charge in [0.25, 0.3) is 0 Å². The van der Waals surface area contributed by atoms with Gasteiger partial charge in [-0.15, -0.1) is 0 Å². The van der Waals surface area contributed by atoms with Crippen LogP contribution < -0.4 is 4.74 Å². The summed E-state index contributed by atoms with van der Waals surface area (Å²) < 4.78 is 21.5. The van der Waals surface area contributed by atoms with Crippen LogP contribution in [0, 0.1) is 0 Å². The number of carbonyl (C=O) groups is 1. The number of ether oxygens (including phenoxy) is 4. The molecule has 0 bridgehead atoms. The molecule has 0 N–H and O–H groups in total. The topological polar surface area (TPSA) is 54.0 Å². The van der Waals surface area contributed by atoms with Gasteiger partial charge in [-0.1, -0.05) is 26.0 Å². The molecule has 3 unspecified atom stereocenters. The molecule has 2 aliphatic rings. The largest absolute Gasteiger partial charge is 0.497 e. The second-order valence-corrected chi connectivity index (χ2v) is 5.08. The van der Waals surface area contributed by atoms with Crippen LogP contribution in [0.3, 0.4) is 0 Å². The van der Waals surface area contributed by atoms with E-state index in [4.69, 9.17) is 18.9 Å². The molecule has 0 amide bonds. The normalized spacial score (nSPS) is 25.6. The van der Waals surface area contributed by atoms with Crippen LogP contribution in [0.4, 0.5) is 0 Å². The highest BCUT2D eigenvalue weighted by molar-refractivity contribution is 5.87. The quantitative estimate of drug-likeness (QED) is 0.631. The fourth-order valence-electron chi connectivity index (χ4n) is 2.60. The summed E-state index contributed by atoms with van der Waals surface area (Å²) in [5, 5.41) is 0. The Hall–Kier alpha value is -1.85. The Labute approximate surface area is 137 Å². The highest BCUT2D eigenvalue weighted by Crippen LogP contribution is 2.28. The molecule has 0 saturated carbocycles. The van der Waals surface area contributed by atoms with Gasteiger partial charge in [-0.25, -0.2) is 4.79 Å². The molecule has 126 valence electrons. The first-order chi connectivity index (χ1) is 11.3. The molecule has 2 aliphatic heterocycles. The standard InChI is InChI=1S/C16H18O5.C2H6/c1-18-12-5-2-11(3-6-12)4-7-15(17)21-14-10-20-13-8-9-19-16(13)14;1-2/h2-7,13-14,16H,8-10H2,1H3;1-2H3/b7-4+;. The number of hydrogen-bond donors (Lipinski definition) is 0. The fraction of sp³-hybridized carbons (Fsp3) is 0.500. The number of rotatable bonds is 4. The molecule has 2 saturated heterocycles. The molecule has 5 nitrogen and oxygen atoms in total. The SMILES string of the molecule is CC.COc1ccc(/C=C/C(=O)OC2COC3CCOC32)cc1. The molecule has 0 spiro atoms. The second-order valence-electron chi connectivity index (χ2n) is 5.08. The smallest absolute Gasteiger partial charge is 0.331 e. The molecule has 3 rings (SSSR count). The van der Waals surface area contributed by atoms with Crippen LogP contribution in [-0.4, -0.2) is 44.6 Å². The van der Waals surface area contributed by atoms with Crippen molar-refractivity contribution < 1.29 is 23.7 Å². The Kier molecular flexibility index (Phi) is 6.62. The minimum absolute atomic E-state index is 0.0772. The van der Waals surface area contributed by atoms with E-state index in [1.165, 1.54) is 6.08 Å². The van der Waals surface area contributed by atoms with Crippen molar-refractivity contribution >= 4 is 12.0 Å². The molecule has 0 aromatic heterocycles. The van der Waals surface area contributed by atoms with Gasteiger partial charge in [-0.3, -0.25) is 0 Å². The van der Waals surface area contributed by atoms with Crippen molar-refractivity contribution in [3.63, 3.8) is 0 Å². The van der Waals surface area contributed by atoms with E-state index in [-0.39, 0.29) is 24.3 Å². The van der Waals surface area contributed by atoms with Crippen LogP contribution in [-0.2, 0) is 19.0 Å². The van der Waals surface area contributed by atoms with Crippen LogP contribution in [0.25, 0.3) is 6.08 Å². The number of methoxy groups -OCH3 is 1. The number of hydrogen-bond acceptors (Lipinski definition) is 5. The van der Waals surface area contributed by atoms with E-state index >= 15 is 0 Å². The predicted octanol–water partition coefficient (Wildman–Crippen LogP) is 2.83. The van der Waals surface area contributed by atoms with Crippen molar-refractivity contribution in [1.29, 1.82) is 0 Å². The number of esters is 1. The Bertz CT molecular complexity index is 523. The Balaban J connectivity index is 0.000000924. The molecule has 3 atom stereocenters. The zero-order chi connectivity index (χ0) is 16.7. The lowest BCUT2D eigenvalue weighted by atomic mass is 10.1. The van der Waals surface area contributed by atoms with E-state index in [1.54, 1.807) is 13.2 Å². The second kappa shape index (κ2) is 8.70. The molecular weight excluding hydrogens is 296 g/mol. The van der Waals surface area contributed by atoms with E-state index in [1.807, 2.05) is 38.1 Å². The molecule has 0 radical (unpaired) electrons. The van der Waals surface area contributed by atoms with Crippen molar-refractivity contribution in [1.82, 2.24) is 0 Å². The van der Waals surface area contributed by atoms with Crippen LogP contribution in [0.5, 0.6) is 5.75 Å². The number of carbonyl (C=O) groups excluding carboxylic acids is 1.